The fourth-order valence-corrected chi connectivity index (χ4v) is 2.14. The Hall–Kier alpha value is -0.570. The van der Waals surface area contributed by atoms with Crippen molar-refractivity contribution in [2.75, 3.05) is 0 Å². The Morgan fingerprint density at radius 1 is 1.27 bits per heavy atom. The second-order valence-corrected chi connectivity index (χ2v) is 5.38. The van der Waals surface area contributed by atoms with Gasteiger partial charge in [-0.05, 0) is 25.7 Å². The second-order valence-electron chi connectivity index (χ2n) is 5.38. The van der Waals surface area contributed by atoms with Gasteiger partial charge in [0, 0.05) is 5.54 Å². The van der Waals surface area contributed by atoms with E-state index in [1.165, 1.54) is 19.3 Å². The van der Waals surface area contributed by atoms with E-state index in [9.17, 15) is 4.79 Å². The fourth-order valence-electron chi connectivity index (χ4n) is 2.14. The van der Waals surface area contributed by atoms with Crippen LogP contribution in [0.3, 0.4) is 0 Å². The minimum atomic E-state index is -0.372. The zero-order valence-electron chi connectivity index (χ0n) is 10.2. The molecule has 15 heavy (non-hydrogen) atoms. The molecule has 3 nitrogen and oxygen atoms in total. The second kappa shape index (κ2) is 4.97. The SMILES string of the molecule is CC(C)[C@@H](N)C(=O)NC1(C)CCCCC1. The van der Waals surface area contributed by atoms with Gasteiger partial charge in [-0.2, -0.15) is 0 Å². The Morgan fingerprint density at radius 3 is 2.27 bits per heavy atom. The molecule has 0 aliphatic heterocycles. The Bertz CT molecular complexity index is 220. The monoisotopic (exact) mass is 212 g/mol. The van der Waals surface area contributed by atoms with Gasteiger partial charge >= 0.3 is 0 Å². The van der Waals surface area contributed by atoms with Gasteiger partial charge in [0.05, 0.1) is 6.04 Å². The van der Waals surface area contributed by atoms with Gasteiger partial charge in [0.1, 0.15) is 0 Å². The lowest BCUT2D eigenvalue weighted by Gasteiger charge is -2.35. The molecule has 3 N–H and O–H groups in total. The first-order valence-corrected chi connectivity index (χ1v) is 6.02. The van der Waals surface area contributed by atoms with Gasteiger partial charge in [0.15, 0.2) is 0 Å². The minimum absolute atomic E-state index is 0.00870. The van der Waals surface area contributed by atoms with Crippen molar-refractivity contribution in [1.82, 2.24) is 5.32 Å². The maximum atomic E-state index is 11.8. The number of hydrogen-bond acceptors (Lipinski definition) is 2. The summed E-state index contributed by atoms with van der Waals surface area (Å²) in [6.07, 6.45) is 5.90. The van der Waals surface area contributed by atoms with Crippen LogP contribution in [0.15, 0.2) is 0 Å². The average Bonchev–Trinajstić information content (AvgIpc) is 2.16. The maximum absolute atomic E-state index is 11.8. The Balaban J connectivity index is 2.49. The van der Waals surface area contributed by atoms with Gasteiger partial charge in [-0.1, -0.05) is 33.1 Å². The van der Waals surface area contributed by atoms with Crippen LogP contribution in [0.4, 0.5) is 0 Å². The van der Waals surface area contributed by atoms with Crippen molar-refractivity contribution in [2.24, 2.45) is 11.7 Å². The summed E-state index contributed by atoms with van der Waals surface area (Å²) in [6.45, 7) is 6.10. The van der Waals surface area contributed by atoms with Crippen LogP contribution in [0.5, 0.6) is 0 Å². The summed E-state index contributed by atoms with van der Waals surface area (Å²) in [6, 6.07) is -0.372. The standard InChI is InChI=1S/C12H24N2O/c1-9(2)10(13)11(15)14-12(3)7-5-4-6-8-12/h9-10H,4-8,13H2,1-3H3,(H,14,15)/t10-/m1/s1. The summed E-state index contributed by atoms with van der Waals surface area (Å²) in [5.41, 5.74) is 5.81. The summed E-state index contributed by atoms with van der Waals surface area (Å²) in [5, 5.41) is 3.11. The average molecular weight is 212 g/mol. The molecular formula is C12H24N2O. The van der Waals surface area contributed by atoms with Gasteiger partial charge in [0.2, 0.25) is 5.91 Å². The van der Waals surface area contributed by atoms with Gasteiger partial charge in [-0.3, -0.25) is 4.79 Å². The highest BCUT2D eigenvalue weighted by Gasteiger charge is 2.30. The summed E-state index contributed by atoms with van der Waals surface area (Å²) in [5.74, 6) is 0.214. The number of nitrogens with two attached hydrogens (primary N) is 1. The van der Waals surface area contributed by atoms with Crippen LogP contribution in [0.25, 0.3) is 0 Å². The van der Waals surface area contributed by atoms with Crippen LogP contribution in [0.2, 0.25) is 0 Å². The van der Waals surface area contributed by atoms with Gasteiger partial charge in [-0.15, -0.1) is 0 Å². The molecule has 0 bridgehead atoms. The van der Waals surface area contributed by atoms with Crippen molar-refractivity contribution >= 4 is 5.91 Å². The summed E-state index contributed by atoms with van der Waals surface area (Å²) in [4.78, 5) is 11.8. The minimum Gasteiger partial charge on any atom is -0.350 e. The van der Waals surface area contributed by atoms with E-state index in [1.54, 1.807) is 0 Å². The Labute approximate surface area is 92.8 Å². The number of hydrogen-bond donors (Lipinski definition) is 2. The predicted molar refractivity (Wildman–Crippen MR) is 62.4 cm³/mol. The largest absolute Gasteiger partial charge is 0.350 e. The summed E-state index contributed by atoms with van der Waals surface area (Å²) in [7, 11) is 0. The first kappa shape index (κ1) is 12.5. The number of rotatable bonds is 3. The predicted octanol–water partition coefficient (Wildman–Crippen LogP) is 1.81. The van der Waals surface area contributed by atoms with E-state index in [2.05, 4.69) is 12.2 Å². The van der Waals surface area contributed by atoms with Gasteiger partial charge in [0.25, 0.3) is 0 Å². The van der Waals surface area contributed by atoms with E-state index >= 15 is 0 Å². The van der Waals surface area contributed by atoms with E-state index in [0.717, 1.165) is 12.8 Å². The molecule has 1 aliphatic carbocycles. The van der Waals surface area contributed by atoms with Crippen molar-refractivity contribution in [1.29, 1.82) is 0 Å². The van der Waals surface area contributed by atoms with Gasteiger partial charge < -0.3 is 11.1 Å². The number of carbonyl (C=O) groups is 1. The van der Waals surface area contributed by atoms with Crippen molar-refractivity contribution in [3.63, 3.8) is 0 Å². The Kier molecular flexibility index (Phi) is 4.14. The van der Waals surface area contributed by atoms with E-state index < -0.39 is 0 Å². The molecular weight excluding hydrogens is 188 g/mol. The van der Waals surface area contributed by atoms with Crippen molar-refractivity contribution in [2.45, 2.75) is 64.5 Å². The zero-order chi connectivity index (χ0) is 11.5. The first-order valence-electron chi connectivity index (χ1n) is 6.02. The molecule has 3 heteroatoms. The third-order valence-corrected chi connectivity index (χ3v) is 3.40. The van der Waals surface area contributed by atoms with E-state index in [4.69, 9.17) is 5.73 Å². The lowest BCUT2D eigenvalue weighted by atomic mass is 9.83. The molecule has 0 aromatic carbocycles. The molecule has 1 aliphatic rings. The maximum Gasteiger partial charge on any atom is 0.237 e. The van der Waals surface area contributed by atoms with Crippen LogP contribution in [-0.2, 0) is 4.79 Å². The first-order chi connectivity index (χ1) is 6.94. The van der Waals surface area contributed by atoms with E-state index in [0.29, 0.717) is 0 Å². The molecule has 0 aromatic heterocycles. The number of amides is 1. The number of nitrogens with one attached hydrogen (secondary N) is 1. The molecule has 0 radical (unpaired) electrons. The molecule has 0 heterocycles. The van der Waals surface area contributed by atoms with Crippen molar-refractivity contribution in [3.05, 3.63) is 0 Å². The molecule has 1 atom stereocenters. The van der Waals surface area contributed by atoms with Crippen LogP contribution in [-0.4, -0.2) is 17.5 Å². The zero-order valence-corrected chi connectivity index (χ0v) is 10.2. The van der Waals surface area contributed by atoms with Crippen molar-refractivity contribution < 1.29 is 4.79 Å². The van der Waals surface area contributed by atoms with E-state index in [-0.39, 0.29) is 23.4 Å². The summed E-state index contributed by atoms with van der Waals surface area (Å²) < 4.78 is 0. The van der Waals surface area contributed by atoms with Crippen LogP contribution < -0.4 is 11.1 Å². The third-order valence-electron chi connectivity index (χ3n) is 3.40. The summed E-state index contributed by atoms with van der Waals surface area (Å²) >= 11 is 0. The highest BCUT2D eigenvalue weighted by atomic mass is 16.2. The topological polar surface area (TPSA) is 55.1 Å². The van der Waals surface area contributed by atoms with Crippen molar-refractivity contribution in [3.8, 4) is 0 Å². The van der Waals surface area contributed by atoms with Crippen LogP contribution in [0, 0.1) is 5.92 Å². The molecule has 0 unspecified atom stereocenters. The van der Waals surface area contributed by atoms with Crippen LogP contribution >= 0.6 is 0 Å². The number of carbonyl (C=O) groups excluding carboxylic acids is 1. The molecule has 0 spiro atoms. The molecule has 88 valence electrons. The van der Waals surface area contributed by atoms with Crippen LogP contribution in [0.1, 0.15) is 52.9 Å². The third kappa shape index (κ3) is 3.49. The highest BCUT2D eigenvalue weighted by molar-refractivity contribution is 5.82. The molecule has 1 fully saturated rings. The molecule has 1 rings (SSSR count). The highest BCUT2D eigenvalue weighted by Crippen LogP contribution is 2.27. The Morgan fingerprint density at radius 2 is 1.80 bits per heavy atom. The van der Waals surface area contributed by atoms with Gasteiger partial charge in [-0.25, -0.2) is 0 Å². The fraction of sp³-hybridized carbons (Fsp3) is 0.917. The lowest BCUT2D eigenvalue weighted by molar-refractivity contribution is -0.125. The lowest BCUT2D eigenvalue weighted by Crippen LogP contribution is -2.54. The molecule has 0 aromatic rings. The van der Waals surface area contributed by atoms with E-state index in [1.807, 2.05) is 13.8 Å². The quantitative estimate of drug-likeness (QED) is 0.749. The molecule has 0 saturated heterocycles. The molecule has 1 amide bonds. The molecule has 1 saturated carbocycles. The normalized spacial score (nSPS) is 22.5. The smallest absolute Gasteiger partial charge is 0.237 e.